The summed E-state index contributed by atoms with van der Waals surface area (Å²) < 4.78 is 42.9. The molecule has 0 saturated carbocycles. The van der Waals surface area contributed by atoms with E-state index in [1.165, 1.54) is 12.1 Å². The van der Waals surface area contributed by atoms with Crippen LogP contribution >= 0.6 is 0 Å². The van der Waals surface area contributed by atoms with Gasteiger partial charge < -0.3 is 14.2 Å². The Morgan fingerprint density at radius 2 is 1.26 bits per heavy atom. The van der Waals surface area contributed by atoms with Crippen molar-refractivity contribution in [1.29, 1.82) is 0 Å². The molecule has 0 bridgehead atoms. The third-order valence-corrected chi connectivity index (χ3v) is 2.44. The van der Waals surface area contributed by atoms with Gasteiger partial charge in [0.2, 0.25) is 0 Å². The Morgan fingerprint density at radius 1 is 0.842 bits per heavy atom. The van der Waals surface area contributed by atoms with E-state index in [9.17, 15) is 8.78 Å². The van der Waals surface area contributed by atoms with Gasteiger partial charge in [-0.1, -0.05) is 0 Å². The first-order valence-corrected chi connectivity index (χ1v) is 6.42. The molecule has 1 rings (SSSR count). The molecule has 0 unspecified atom stereocenters. The van der Waals surface area contributed by atoms with E-state index in [1.54, 1.807) is 20.8 Å². The number of rotatable bonds is 8. The number of hydrogen-bond acceptors (Lipinski definition) is 3. The second-order valence-corrected chi connectivity index (χ2v) is 3.94. The molecule has 0 aliphatic rings. The number of ether oxygens (including phenoxy) is 3. The SMILES string of the molecule is CCOC(Cc1cc(F)cc(F)c1)(OCC)OCC. The molecule has 19 heavy (non-hydrogen) atoms. The smallest absolute Gasteiger partial charge is 0.287 e. The third-order valence-electron chi connectivity index (χ3n) is 2.44. The van der Waals surface area contributed by atoms with Crippen LogP contribution in [0.1, 0.15) is 26.3 Å². The zero-order valence-corrected chi connectivity index (χ0v) is 11.5. The van der Waals surface area contributed by atoms with Crippen LogP contribution in [0.5, 0.6) is 0 Å². The highest BCUT2D eigenvalue weighted by Crippen LogP contribution is 2.23. The average Bonchev–Trinajstić information content (AvgIpc) is 2.28. The molecule has 0 aromatic heterocycles. The van der Waals surface area contributed by atoms with Crippen LogP contribution in [0.25, 0.3) is 0 Å². The van der Waals surface area contributed by atoms with E-state index in [0.29, 0.717) is 25.4 Å². The van der Waals surface area contributed by atoms with Gasteiger partial charge in [0.1, 0.15) is 11.6 Å². The fourth-order valence-corrected chi connectivity index (χ4v) is 1.90. The summed E-state index contributed by atoms with van der Waals surface area (Å²) in [5.74, 6) is -2.56. The molecule has 0 radical (unpaired) electrons. The van der Waals surface area contributed by atoms with Gasteiger partial charge in [-0.15, -0.1) is 0 Å². The van der Waals surface area contributed by atoms with Gasteiger partial charge in [0.05, 0.1) is 6.42 Å². The van der Waals surface area contributed by atoms with Crippen molar-refractivity contribution >= 4 is 0 Å². The first-order valence-electron chi connectivity index (χ1n) is 6.42. The Bertz CT molecular complexity index is 359. The molecule has 0 atom stereocenters. The fraction of sp³-hybridized carbons (Fsp3) is 0.571. The molecule has 0 saturated heterocycles. The van der Waals surface area contributed by atoms with Crippen LogP contribution in [0.4, 0.5) is 8.78 Å². The van der Waals surface area contributed by atoms with Gasteiger partial charge in [0, 0.05) is 25.9 Å². The summed E-state index contributed by atoms with van der Waals surface area (Å²) in [4.78, 5) is 0. The molecular formula is C14H20F2O3. The van der Waals surface area contributed by atoms with Crippen LogP contribution in [0.2, 0.25) is 0 Å². The van der Waals surface area contributed by atoms with Crippen molar-refractivity contribution in [3.63, 3.8) is 0 Å². The second kappa shape index (κ2) is 7.53. The van der Waals surface area contributed by atoms with E-state index in [0.717, 1.165) is 6.07 Å². The highest BCUT2D eigenvalue weighted by molar-refractivity contribution is 5.18. The minimum atomic E-state index is -1.29. The van der Waals surface area contributed by atoms with Crippen LogP contribution in [0, 0.1) is 11.6 Å². The minimum Gasteiger partial charge on any atom is -0.327 e. The van der Waals surface area contributed by atoms with Crippen LogP contribution < -0.4 is 0 Å². The lowest BCUT2D eigenvalue weighted by molar-refractivity contribution is -0.376. The van der Waals surface area contributed by atoms with Gasteiger partial charge in [-0.05, 0) is 38.5 Å². The summed E-state index contributed by atoms with van der Waals surface area (Å²) >= 11 is 0. The van der Waals surface area contributed by atoms with E-state index in [1.807, 2.05) is 0 Å². The van der Waals surface area contributed by atoms with Gasteiger partial charge in [0.15, 0.2) is 0 Å². The molecule has 1 aromatic rings. The standard InChI is InChI=1S/C14H20F2O3/c1-4-17-14(18-5-2,19-6-3)10-11-7-12(15)9-13(16)8-11/h7-9H,4-6,10H2,1-3H3. The van der Waals surface area contributed by atoms with Crippen molar-refractivity contribution in [3.05, 3.63) is 35.4 Å². The summed E-state index contributed by atoms with van der Waals surface area (Å²) in [7, 11) is 0. The van der Waals surface area contributed by atoms with E-state index < -0.39 is 17.6 Å². The summed E-state index contributed by atoms with van der Waals surface area (Å²) in [5, 5.41) is 0. The van der Waals surface area contributed by atoms with Crippen molar-refractivity contribution in [2.45, 2.75) is 33.2 Å². The third kappa shape index (κ3) is 4.86. The van der Waals surface area contributed by atoms with Crippen molar-refractivity contribution in [1.82, 2.24) is 0 Å². The highest BCUT2D eigenvalue weighted by Gasteiger charge is 2.33. The zero-order valence-electron chi connectivity index (χ0n) is 11.5. The maximum absolute atomic E-state index is 13.2. The topological polar surface area (TPSA) is 27.7 Å². The largest absolute Gasteiger partial charge is 0.327 e. The predicted octanol–water partition coefficient (Wildman–Crippen LogP) is 3.27. The Morgan fingerprint density at radius 3 is 1.63 bits per heavy atom. The first kappa shape index (κ1) is 16.0. The summed E-state index contributed by atoms with van der Waals surface area (Å²) in [5.41, 5.74) is 0.424. The quantitative estimate of drug-likeness (QED) is 0.681. The van der Waals surface area contributed by atoms with E-state index in [-0.39, 0.29) is 6.42 Å². The van der Waals surface area contributed by atoms with Crippen LogP contribution in [-0.4, -0.2) is 25.8 Å². The monoisotopic (exact) mass is 274 g/mol. The molecule has 0 heterocycles. The van der Waals surface area contributed by atoms with Crippen molar-refractivity contribution in [2.24, 2.45) is 0 Å². The van der Waals surface area contributed by atoms with E-state index in [4.69, 9.17) is 14.2 Å². The van der Waals surface area contributed by atoms with Gasteiger partial charge in [-0.3, -0.25) is 0 Å². The number of benzene rings is 1. The molecule has 0 aliphatic carbocycles. The van der Waals surface area contributed by atoms with E-state index >= 15 is 0 Å². The van der Waals surface area contributed by atoms with Gasteiger partial charge in [0.25, 0.3) is 5.97 Å². The molecule has 0 spiro atoms. The Hall–Kier alpha value is -1.04. The summed E-state index contributed by atoms with van der Waals surface area (Å²) in [6, 6.07) is 3.32. The second-order valence-electron chi connectivity index (χ2n) is 3.94. The normalized spacial score (nSPS) is 11.8. The zero-order chi connectivity index (χ0) is 14.3. The number of halogens is 2. The Kier molecular flexibility index (Phi) is 6.34. The maximum Gasteiger partial charge on any atom is 0.287 e. The van der Waals surface area contributed by atoms with Crippen LogP contribution in [-0.2, 0) is 20.6 Å². The highest BCUT2D eigenvalue weighted by atomic mass is 19.1. The van der Waals surface area contributed by atoms with Crippen molar-refractivity contribution < 1.29 is 23.0 Å². The van der Waals surface area contributed by atoms with Crippen LogP contribution in [0.3, 0.4) is 0 Å². The predicted molar refractivity (Wildman–Crippen MR) is 67.7 cm³/mol. The summed E-state index contributed by atoms with van der Waals surface area (Å²) in [6.45, 7) is 6.53. The van der Waals surface area contributed by atoms with Crippen molar-refractivity contribution in [3.8, 4) is 0 Å². The van der Waals surface area contributed by atoms with Gasteiger partial charge >= 0.3 is 0 Å². The minimum absolute atomic E-state index is 0.122. The average molecular weight is 274 g/mol. The molecular weight excluding hydrogens is 254 g/mol. The summed E-state index contributed by atoms with van der Waals surface area (Å²) in [6.07, 6.45) is 0.122. The van der Waals surface area contributed by atoms with Crippen LogP contribution in [0.15, 0.2) is 18.2 Å². The first-order chi connectivity index (χ1) is 9.05. The van der Waals surface area contributed by atoms with Gasteiger partial charge in [-0.2, -0.15) is 0 Å². The molecule has 0 N–H and O–H groups in total. The Labute approximate surface area is 112 Å². The molecule has 3 nitrogen and oxygen atoms in total. The lowest BCUT2D eigenvalue weighted by Gasteiger charge is -2.32. The molecule has 1 aromatic carbocycles. The van der Waals surface area contributed by atoms with Crippen molar-refractivity contribution in [2.75, 3.05) is 19.8 Å². The Balaban J connectivity index is 2.96. The fourth-order valence-electron chi connectivity index (χ4n) is 1.90. The molecule has 0 amide bonds. The molecule has 0 fully saturated rings. The van der Waals surface area contributed by atoms with Gasteiger partial charge in [-0.25, -0.2) is 8.78 Å². The lowest BCUT2D eigenvalue weighted by atomic mass is 10.1. The lowest BCUT2D eigenvalue weighted by Crippen LogP contribution is -2.41. The van der Waals surface area contributed by atoms with E-state index in [2.05, 4.69) is 0 Å². The molecule has 5 heteroatoms. The molecule has 108 valence electrons. The number of hydrogen-bond donors (Lipinski definition) is 0. The maximum atomic E-state index is 13.2. The molecule has 0 aliphatic heterocycles.